The van der Waals surface area contributed by atoms with Gasteiger partial charge in [-0.1, -0.05) is 36.8 Å². The molecule has 2 heterocycles. The number of likely N-dealkylation sites (tertiary alicyclic amines) is 1. The number of imidazole rings is 1. The van der Waals surface area contributed by atoms with Gasteiger partial charge in [-0.2, -0.15) is 0 Å². The van der Waals surface area contributed by atoms with E-state index in [1.807, 2.05) is 30.3 Å². The maximum absolute atomic E-state index is 5.91. The number of nitrogens with zero attached hydrogens (tertiary/aromatic N) is 3. The summed E-state index contributed by atoms with van der Waals surface area (Å²) in [7, 11) is 0. The zero-order chi connectivity index (χ0) is 16.9. The Morgan fingerprint density at radius 1 is 0.880 bits per heavy atom. The Labute approximate surface area is 149 Å². The van der Waals surface area contributed by atoms with Crippen LogP contribution in [0.2, 0.25) is 0 Å². The van der Waals surface area contributed by atoms with Crippen molar-refractivity contribution < 1.29 is 4.74 Å². The first-order chi connectivity index (χ1) is 12.4. The SMILES string of the molecule is c1ccc(OCCn2c(CN3CCCCC3)nc3ccccc32)cc1. The second-order valence-electron chi connectivity index (χ2n) is 6.67. The largest absolute Gasteiger partial charge is 0.492 e. The van der Waals surface area contributed by atoms with Crippen molar-refractivity contribution in [1.29, 1.82) is 0 Å². The molecule has 0 N–H and O–H groups in total. The van der Waals surface area contributed by atoms with E-state index in [-0.39, 0.29) is 0 Å². The van der Waals surface area contributed by atoms with Gasteiger partial charge < -0.3 is 9.30 Å². The highest BCUT2D eigenvalue weighted by molar-refractivity contribution is 5.75. The van der Waals surface area contributed by atoms with Crippen LogP contribution in [0.3, 0.4) is 0 Å². The maximum Gasteiger partial charge on any atom is 0.124 e. The molecule has 1 aliphatic rings. The third-order valence-electron chi connectivity index (χ3n) is 4.87. The number of hydrogen-bond acceptors (Lipinski definition) is 3. The fourth-order valence-electron chi connectivity index (χ4n) is 3.58. The molecule has 1 aromatic heterocycles. The van der Waals surface area contributed by atoms with Crippen molar-refractivity contribution >= 4 is 11.0 Å². The molecular weight excluding hydrogens is 310 g/mol. The van der Waals surface area contributed by atoms with Crippen LogP contribution in [0.5, 0.6) is 5.75 Å². The number of piperidine rings is 1. The number of hydrogen-bond donors (Lipinski definition) is 0. The first-order valence-electron chi connectivity index (χ1n) is 9.24. The fraction of sp³-hybridized carbons (Fsp3) is 0.381. The summed E-state index contributed by atoms with van der Waals surface area (Å²) in [6, 6.07) is 18.4. The molecule has 4 nitrogen and oxygen atoms in total. The lowest BCUT2D eigenvalue weighted by Gasteiger charge is -2.26. The fourth-order valence-corrected chi connectivity index (χ4v) is 3.58. The average Bonchev–Trinajstić information content (AvgIpc) is 3.01. The van der Waals surface area contributed by atoms with Crippen molar-refractivity contribution in [1.82, 2.24) is 14.5 Å². The van der Waals surface area contributed by atoms with Gasteiger partial charge in [0, 0.05) is 0 Å². The Balaban J connectivity index is 1.51. The van der Waals surface area contributed by atoms with Gasteiger partial charge in [0.2, 0.25) is 0 Å². The van der Waals surface area contributed by atoms with Crippen molar-refractivity contribution in [3.05, 3.63) is 60.4 Å². The van der Waals surface area contributed by atoms with Gasteiger partial charge in [0.25, 0.3) is 0 Å². The first kappa shape index (κ1) is 16.2. The van der Waals surface area contributed by atoms with Crippen molar-refractivity contribution in [3.8, 4) is 5.75 Å². The Morgan fingerprint density at radius 3 is 2.48 bits per heavy atom. The highest BCUT2D eigenvalue weighted by Crippen LogP contribution is 2.19. The normalized spacial score (nSPS) is 15.5. The van der Waals surface area contributed by atoms with Gasteiger partial charge in [-0.15, -0.1) is 0 Å². The molecule has 0 atom stereocenters. The molecule has 0 bridgehead atoms. The van der Waals surface area contributed by atoms with E-state index in [0.717, 1.165) is 30.2 Å². The summed E-state index contributed by atoms with van der Waals surface area (Å²) in [5.74, 6) is 2.07. The highest BCUT2D eigenvalue weighted by atomic mass is 16.5. The van der Waals surface area contributed by atoms with Crippen molar-refractivity contribution in [2.24, 2.45) is 0 Å². The van der Waals surface area contributed by atoms with E-state index in [1.165, 1.54) is 37.9 Å². The molecule has 25 heavy (non-hydrogen) atoms. The van der Waals surface area contributed by atoms with Crippen molar-refractivity contribution in [2.45, 2.75) is 32.4 Å². The standard InChI is InChI=1S/C21H25N3O/c1-3-9-18(10-4-1)25-16-15-24-20-12-6-5-11-19(20)22-21(24)17-23-13-7-2-8-14-23/h1,3-6,9-12H,2,7-8,13-17H2. The molecule has 1 saturated heterocycles. The third-order valence-corrected chi connectivity index (χ3v) is 4.87. The summed E-state index contributed by atoms with van der Waals surface area (Å²) in [6.07, 6.45) is 3.96. The van der Waals surface area contributed by atoms with Gasteiger partial charge in [0.1, 0.15) is 18.2 Å². The van der Waals surface area contributed by atoms with E-state index in [1.54, 1.807) is 0 Å². The van der Waals surface area contributed by atoms with Crippen LogP contribution in [0.1, 0.15) is 25.1 Å². The summed E-state index contributed by atoms with van der Waals surface area (Å²) in [5, 5.41) is 0. The van der Waals surface area contributed by atoms with Gasteiger partial charge in [0.05, 0.1) is 24.1 Å². The lowest BCUT2D eigenvalue weighted by atomic mass is 10.1. The van der Waals surface area contributed by atoms with E-state index in [2.05, 4.69) is 33.7 Å². The van der Waals surface area contributed by atoms with Crippen LogP contribution >= 0.6 is 0 Å². The predicted molar refractivity (Wildman–Crippen MR) is 101 cm³/mol. The molecule has 4 heteroatoms. The van der Waals surface area contributed by atoms with Crippen LogP contribution in [-0.4, -0.2) is 34.1 Å². The summed E-state index contributed by atoms with van der Waals surface area (Å²) in [6.45, 7) is 4.77. The zero-order valence-corrected chi connectivity index (χ0v) is 14.6. The zero-order valence-electron chi connectivity index (χ0n) is 14.6. The number of aromatic nitrogens is 2. The van der Waals surface area contributed by atoms with E-state index in [4.69, 9.17) is 9.72 Å². The Kier molecular flexibility index (Phi) is 4.98. The van der Waals surface area contributed by atoms with Gasteiger partial charge >= 0.3 is 0 Å². The van der Waals surface area contributed by atoms with Crippen LogP contribution < -0.4 is 4.74 Å². The molecule has 1 fully saturated rings. The number of para-hydroxylation sites is 3. The molecule has 0 unspecified atom stereocenters. The maximum atomic E-state index is 5.91. The van der Waals surface area contributed by atoms with Crippen LogP contribution in [0.15, 0.2) is 54.6 Å². The molecule has 0 aliphatic carbocycles. The third kappa shape index (κ3) is 3.85. The van der Waals surface area contributed by atoms with Gasteiger partial charge in [0.15, 0.2) is 0 Å². The van der Waals surface area contributed by atoms with Gasteiger partial charge in [-0.25, -0.2) is 4.98 Å². The van der Waals surface area contributed by atoms with E-state index in [9.17, 15) is 0 Å². The molecule has 130 valence electrons. The topological polar surface area (TPSA) is 30.3 Å². The molecule has 0 spiro atoms. The summed E-state index contributed by atoms with van der Waals surface area (Å²) in [5.41, 5.74) is 2.28. The average molecular weight is 335 g/mol. The minimum Gasteiger partial charge on any atom is -0.492 e. The van der Waals surface area contributed by atoms with Crippen LogP contribution in [-0.2, 0) is 13.1 Å². The highest BCUT2D eigenvalue weighted by Gasteiger charge is 2.16. The number of rotatable bonds is 6. The first-order valence-corrected chi connectivity index (χ1v) is 9.24. The minimum absolute atomic E-state index is 0.650. The van der Waals surface area contributed by atoms with Gasteiger partial charge in [-0.05, 0) is 50.2 Å². The molecule has 3 aromatic rings. The molecular formula is C21H25N3O. The lowest BCUT2D eigenvalue weighted by Crippen LogP contribution is -2.30. The van der Waals surface area contributed by atoms with E-state index >= 15 is 0 Å². The Bertz CT molecular complexity index is 806. The molecule has 0 amide bonds. The number of ether oxygens (including phenoxy) is 1. The van der Waals surface area contributed by atoms with Crippen LogP contribution in [0.25, 0.3) is 11.0 Å². The molecule has 4 rings (SSSR count). The Morgan fingerprint density at radius 2 is 1.64 bits per heavy atom. The molecule has 1 aliphatic heterocycles. The van der Waals surface area contributed by atoms with E-state index in [0.29, 0.717) is 6.61 Å². The van der Waals surface area contributed by atoms with E-state index < -0.39 is 0 Å². The van der Waals surface area contributed by atoms with Crippen molar-refractivity contribution in [2.75, 3.05) is 19.7 Å². The number of benzene rings is 2. The molecule has 2 aromatic carbocycles. The lowest BCUT2D eigenvalue weighted by molar-refractivity contribution is 0.211. The van der Waals surface area contributed by atoms with Crippen molar-refractivity contribution in [3.63, 3.8) is 0 Å². The Hall–Kier alpha value is -2.33. The van der Waals surface area contributed by atoms with Crippen LogP contribution in [0.4, 0.5) is 0 Å². The quantitative estimate of drug-likeness (QED) is 0.679. The second-order valence-corrected chi connectivity index (χ2v) is 6.67. The monoisotopic (exact) mass is 335 g/mol. The van der Waals surface area contributed by atoms with Crippen LogP contribution in [0, 0.1) is 0 Å². The predicted octanol–water partition coefficient (Wildman–Crippen LogP) is 4.10. The smallest absolute Gasteiger partial charge is 0.124 e. The second kappa shape index (κ2) is 7.70. The summed E-state index contributed by atoms with van der Waals surface area (Å²) in [4.78, 5) is 7.43. The summed E-state index contributed by atoms with van der Waals surface area (Å²) >= 11 is 0. The molecule has 0 radical (unpaired) electrons. The van der Waals surface area contributed by atoms with Gasteiger partial charge in [-0.3, -0.25) is 4.90 Å². The molecule has 0 saturated carbocycles. The minimum atomic E-state index is 0.650. The summed E-state index contributed by atoms with van der Waals surface area (Å²) < 4.78 is 8.24. The number of fused-ring (bicyclic) bond motifs is 1.